The summed E-state index contributed by atoms with van der Waals surface area (Å²) in [5.41, 5.74) is 8.16. The zero-order valence-electron chi connectivity index (χ0n) is 6.76. The average Bonchev–Trinajstić information content (AvgIpc) is 1.94. The molecule has 60 valence electrons. The third-order valence-corrected chi connectivity index (χ3v) is 2.80. The van der Waals surface area contributed by atoms with Gasteiger partial charge < -0.3 is 5.73 Å². The van der Waals surface area contributed by atoms with Crippen LogP contribution in [-0.4, -0.2) is 0 Å². The van der Waals surface area contributed by atoms with Crippen molar-refractivity contribution < 1.29 is 0 Å². The van der Waals surface area contributed by atoms with Gasteiger partial charge in [0.2, 0.25) is 0 Å². The monoisotopic (exact) mass is 213 g/mol. The molecule has 0 radical (unpaired) electrons. The lowest BCUT2D eigenvalue weighted by Gasteiger charge is -2.09. The van der Waals surface area contributed by atoms with E-state index in [-0.39, 0.29) is 6.04 Å². The molecule has 1 atom stereocenters. The molecule has 0 aromatic heterocycles. The van der Waals surface area contributed by atoms with Gasteiger partial charge >= 0.3 is 0 Å². The summed E-state index contributed by atoms with van der Waals surface area (Å²) < 4.78 is 1.13. The third kappa shape index (κ3) is 1.82. The van der Waals surface area contributed by atoms with Crippen LogP contribution in [0.1, 0.15) is 24.1 Å². The Balaban J connectivity index is 3.17. The van der Waals surface area contributed by atoms with Crippen molar-refractivity contribution in [2.24, 2.45) is 5.73 Å². The van der Waals surface area contributed by atoms with E-state index in [4.69, 9.17) is 5.73 Å². The lowest BCUT2D eigenvalue weighted by molar-refractivity contribution is 0.811. The molecule has 0 saturated carbocycles. The van der Waals surface area contributed by atoms with Crippen LogP contribution in [0.25, 0.3) is 0 Å². The molecule has 0 unspecified atom stereocenters. The molecule has 0 spiro atoms. The van der Waals surface area contributed by atoms with Crippen molar-refractivity contribution >= 4 is 15.9 Å². The van der Waals surface area contributed by atoms with Gasteiger partial charge in [0.25, 0.3) is 0 Å². The van der Waals surface area contributed by atoms with E-state index in [1.165, 1.54) is 11.1 Å². The van der Waals surface area contributed by atoms with Crippen LogP contribution >= 0.6 is 15.9 Å². The highest BCUT2D eigenvalue weighted by atomic mass is 79.9. The van der Waals surface area contributed by atoms with Gasteiger partial charge in [-0.25, -0.2) is 0 Å². The van der Waals surface area contributed by atoms with Crippen molar-refractivity contribution in [2.45, 2.75) is 19.9 Å². The summed E-state index contributed by atoms with van der Waals surface area (Å²) in [6.45, 7) is 4.05. The quantitative estimate of drug-likeness (QED) is 0.764. The summed E-state index contributed by atoms with van der Waals surface area (Å²) in [6.07, 6.45) is 0. The van der Waals surface area contributed by atoms with E-state index in [1.807, 2.05) is 19.1 Å². The average molecular weight is 214 g/mol. The Morgan fingerprint density at radius 1 is 1.45 bits per heavy atom. The Bertz CT molecular complexity index is 256. The number of aryl methyl sites for hydroxylation is 1. The van der Waals surface area contributed by atoms with Crippen LogP contribution in [0.5, 0.6) is 0 Å². The van der Waals surface area contributed by atoms with Crippen LogP contribution in [0.15, 0.2) is 22.7 Å². The molecular weight excluding hydrogens is 202 g/mol. The number of halogens is 1. The van der Waals surface area contributed by atoms with Gasteiger partial charge in [0.1, 0.15) is 0 Å². The predicted octanol–water partition coefficient (Wildman–Crippen LogP) is 2.78. The first-order valence-corrected chi connectivity index (χ1v) is 4.43. The standard InChI is InChI=1S/C9H12BrN/c1-6-4-3-5-8(7(2)11)9(6)10/h3-5,7H,11H2,1-2H3/t7-/m1/s1. The summed E-state index contributed by atoms with van der Waals surface area (Å²) in [5, 5.41) is 0. The van der Waals surface area contributed by atoms with Crippen LogP contribution in [0, 0.1) is 6.92 Å². The van der Waals surface area contributed by atoms with Gasteiger partial charge in [-0.05, 0) is 25.0 Å². The number of nitrogens with two attached hydrogens (primary N) is 1. The summed E-state index contributed by atoms with van der Waals surface area (Å²) >= 11 is 3.50. The van der Waals surface area contributed by atoms with E-state index >= 15 is 0 Å². The van der Waals surface area contributed by atoms with Crippen LogP contribution in [0.2, 0.25) is 0 Å². The first-order chi connectivity index (χ1) is 5.13. The number of rotatable bonds is 1. The molecule has 2 N–H and O–H groups in total. The highest BCUT2D eigenvalue weighted by Crippen LogP contribution is 2.24. The van der Waals surface area contributed by atoms with Crippen molar-refractivity contribution in [1.29, 1.82) is 0 Å². The fraction of sp³-hybridized carbons (Fsp3) is 0.333. The molecule has 0 saturated heterocycles. The molecule has 0 bridgehead atoms. The Hall–Kier alpha value is -0.340. The van der Waals surface area contributed by atoms with Gasteiger partial charge in [0, 0.05) is 10.5 Å². The van der Waals surface area contributed by atoms with E-state index in [1.54, 1.807) is 0 Å². The van der Waals surface area contributed by atoms with E-state index in [2.05, 4.69) is 28.9 Å². The van der Waals surface area contributed by atoms with Gasteiger partial charge in [-0.15, -0.1) is 0 Å². The largest absolute Gasteiger partial charge is 0.324 e. The minimum Gasteiger partial charge on any atom is -0.324 e. The van der Waals surface area contributed by atoms with E-state index in [0.717, 1.165) is 4.47 Å². The topological polar surface area (TPSA) is 26.0 Å². The lowest BCUT2D eigenvalue weighted by Crippen LogP contribution is -2.05. The fourth-order valence-corrected chi connectivity index (χ4v) is 1.65. The Kier molecular flexibility index (Phi) is 2.68. The first kappa shape index (κ1) is 8.75. The van der Waals surface area contributed by atoms with Crippen LogP contribution in [0.4, 0.5) is 0 Å². The second-order valence-electron chi connectivity index (χ2n) is 2.77. The van der Waals surface area contributed by atoms with Gasteiger partial charge in [-0.2, -0.15) is 0 Å². The number of hydrogen-bond donors (Lipinski definition) is 1. The highest BCUT2D eigenvalue weighted by Gasteiger charge is 2.04. The first-order valence-electron chi connectivity index (χ1n) is 3.63. The van der Waals surface area contributed by atoms with E-state index < -0.39 is 0 Å². The maximum Gasteiger partial charge on any atom is 0.0277 e. The molecule has 0 fully saturated rings. The molecule has 1 nitrogen and oxygen atoms in total. The normalized spacial score (nSPS) is 13.1. The van der Waals surface area contributed by atoms with Gasteiger partial charge in [-0.3, -0.25) is 0 Å². The molecule has 2 heteroatoms. The van der Waals surface area contributed by atoms with Crippen molar-refractivity contribution in [3.8, 4) is 0 Å². The third-order valence-electron chi connectivity index (χ3n) is 1.71. The predicted molar refractivity (Wildman–Crippen MR) is 51.5 cm³/mol. The van der Waals surface area contributed by atoms with Crippen molar-refractivity contribution in [3.63, 3.8) is 0 Å². The summed E-state index contributed by atoms with van der Waals surface area (Å²) in [7, 11) is 0. The molecule has 1 aromatic carbocycles. The molecule has 1 aromatic rings. The molecule has 0 aliphatic rings. The molecule has 0 aliphatic carbocycles. The Morgan fingerprint density at radius 2 is 2.09 bits per heavy atom. The zero-order chi connectivity index (χ0) is 8.43. The Morgan fingerprint density at radius 3 is 2.55 bits per heavy atom. The van der Waals surface area contributed by atoms with Crippen molar-refractivity contribution in [1.82, 2.24) is 0 Å². The molecule has 1 rings (SSSR count). The van der Waals surface area contributed by atoms with Crippen LogP contribution in [-0.2, 0) is 0 Å². The van der Waals surface area contributed by atoms with Crippen molar-refractivity contribution in [3.05, 3.63) is 33.8 Å². The Labute approximate surface area is 75.7 Å². The minimum atomic E-state index is 0.101. The van der Waals surface area contributed by atoms with E-state index in [9.17, 15) is 0 Å². The van der Waals surface area contributed by atoms with Crippen LogP contribution < -0.4 is 5.73 Å². The number of benzene rings is 1. The van der Waals surface area contributed by atoms with E-state index in [0.29, 0.717) is 0 Å². The lowest BCUT2D eigenvalue weighted by atomic mass is 10.1. The summed E-state index contributed by atoms with van der Waals surface area (Å²) in [6, 6.07) is 6.24. The minimum absolute atomic E-state index is 0.101. The SMILES string of the molecule is Cc1cccc([C@@H](C)N)c1Br. The molecular formula is C9H12BrN. The fourth-order valence-electron chi connectivity index (χ4n) is 1.02. The maximum absolute atomic E-state index is 5.75. The second-order valence-corrected chi connectivity index (χ2v) is 3.56. The second kappa shape index (κ2) is 3.37. The number of hydrogen-bond acceptors (Lipinski definition) is 1. The molecule has 11 heavy (non-hydrogen) atoms. The molecule has 0 amide bonds. The van der Waals surface area contributed by atoms with Gasteiger partial charge in [0.15, 0.2) is 0 Å². The van der Waals surface area contributed by atoms with Gasteiger partial charge in [0.05, 0.1) is 0 Å². The summed E-state index contributed by atoms with van der Waals surface area (Å²) in [5.74, 6) is 0. The molecule has 0 aliphatic heterocycles. The highest BCUT2D eigenvalue weighted by molar-refractivity contribution is 9.10. The van der Waals surface area contributed by atoms with Gasteiger partial charge in [-0.1, -0.05) is 34.1 Å². The molecule has 0 heterocycles. The maximum atomic E-state index is 5.75. The zero-order valence-corrected chi connectivity index (χ0v) is 8.35. The summed E-state index contributed by atoms with van der Waals surface area (Å²) in [4.78, 5) is 0. The smallest absolute Gasteiger partial charge is 0.0277 e. The van der Waals surface area contributed by atoms with Crippen molar-refractivity contribution in [2.75, 3.05) is 0 Å². The van der Waals surface area contributed by atoms with Crippen LogP contribution in [0.3, 0.4) is 0 Å².